The minimum absolute atomic E-state index is 0.0206. The third kappa shape index (κ3) is 4.74. The van der Waals surface area contributed by atoms with Crippen molar-refractivity contribution in [3.8, 4) is 11.5 Å². The summed E-state index contributed by atoms with van der Waals surface area (Å²) in [5, 5.41) is 11.7. The average molecular weight is 281 g/mol. The molecule has 112 valence electrons. The zero-order valence-corrected chi connectivity index (χ0v) is 12.3. The van der Waals surface area contributed by atoms with Crippen LogP contribution in [0.2, 0.25) is 0 Å². The zero-order valence-electron chi connectivity index (χ0n) is 12.3. The number of hydrogen-bond acceptors (Lipinski definition) is 4. The minimum atomic E-state index is -0.156. The second-order valence-electron chi connectivity index (χ2n) is 4.54. The number of carbonyl (C=O) groups is 1. The molecule has 0 spiro atoms. The van der Waals surface area contributed by atoms with E-state index in [1.807, 2.05) is 13.8 Å². The van der Waals surface area contributed by atoms with Crippen LogP contribution in [0.15, 0.2) is 18.2 Å². The molecule has 0 radical (unpaired) electrons. The fraction of sp³-hybridized carbons (Fsp3) is 0.533. The number of amides is 1. The number of rotatable bonds is 8. The van der Waals surface area contributed by atoms with Crippen LogP contribution in [0.25, 0.3) is 0 Å². The van der Waals surface area contributed by atoms with Crippen molar-refractivity contribution in [3.63, 3.8) is 0 Å². The predicted molar refractivity (Wildman–Crippen MR) is 77.4 cm³/mol. The first-order valence-corrected chi connectivity index (χ1v) is 6.84. The highest BCUT2D eigenvalue weighted by atomic mass is 16.5. The van der Waals surface area contributed by atoms with Crippen LogP contribution in [0.5, 0.6) is 11.5 Å². The summed E-state index contributed by atoms with van der Waals surface area (Å²) in [7, 11) is 1.55. The van der Waals surface area contributed by atoms with Gasteiger partial charge in [-0.2, -0.15) is 0 Å². The normalized spacial score (nSPS) is 11.8. The molecule has 0 bridgehead atoms. The zero-order chi connectivity index (χ0) is 15.0. The van der Waals surface area contributed by atoms with Crippen LogP contribution in [0, 0.1) is 0 Å². The Morgan fingerprint density at radius 1 is 1.40 bits per heavy atom. The van der Waals surface area contributed by atoms with Crippen molar-refractivity contribution in [3.05, 3.63) is 23.8 Å². The van der Waals surface area contributed by atoms with Crippen LogP contribution in [0.1, 0.15) is 37.0 Å². The summed E-state index contributed by atoms with van der Waals surface area (Å²) in [6.07, 6.45) is 1.42. The van der Waals surface area contributed by atoms with Crippen molar-refractivity contribution in [2.75, 3.05) is 20.3 Å². The Morgan fingerprint density at radius 2 is 2.15 bits per heavy atom. The Bertz CT molecular complexity index is 434. The van der Waals surface area contributed by atoms with Gasteiger partial charge >= 0.3 is 0 Å². The third-order valence-electron chi connectivity index (χ3n) is 2.90. The Balaban J connectivity index is 2.73. The van der Waals surface area contributed by atoms with Gasteiger partial charge in [0.25, 0.3) is 5.91 Å². The van der Waals surface area contributed by atoms with E-state index in [4.69, 9.17) is 14.6 Å². The number of aliphatic hydroxyl groups excluding tert-OH is 1. The van der Waals surface area contributed by atoms with Gasteiger partial charge < -0.3 is 19.9 Å². The molecule has 0 aliphatic heterocycles. The lowest BCUT2D eigenvalue weighted by Crippen LogP contribution is -2.32. The second-order valence-corrected chi connectivity index (χ2v) is 4.54. The Kier molecular flexibility index (Phi) is 6.87. The highest BCUT2D eigenvalue weighted by Crippen LogP contribution is 2.28. The van der Waals surface area contributed by atoms with E-state index in [9.17, 15) is 4.79 Å². The van der Waals surface area contributed by atoms with E-state index in [1.165, 1.54) is 0 Å². The molecule has 0 saturated carbocycles. The molecule has 1 atom stereocenters. The highest BCUT2D eigenvalue weighted by molar-refractivity contribution is 5.95. The van der Waals surface area contributed by atoms with Crippen molar-refractivity contribution in [2.24, 2.45) is 0 Å². The maximum absolute atomic E-state index is 12.1. The molecule has 0 aliphatic carbocycles. The van der Waals surface area contributed by atoms with Gasteiger partial charge in [-0.3, -0.25) is 4.79 Å². The molecule has 5 nitrogen and oxygen atoms in total. The monoisotopic (exact) mass is 281 g/mol. The van der Waals surface area contributed by atoms with Gasteiger partial charge in [-0.25, -0.2) is 0 Å². The number of carbonyl (C=O) groups excluding carboxylic acids is 1. The van der Waals surface area contributed by atoms with Gasteiger partial charge in [-0.05, 0) is 44.9 Å². The van der Waals surface area contributed by atoms with Crippen LogP contribution in [-0.2, 0) is 0 Å². The number of nitrogens with one attached hydrogen (secondary N) is 1. The summed E-state index contributed by atoms with van der Waals surface area (Å²) in [4.78, 5) is 12.1. The first-order valence-electron chi connectivity index (χ1n) is 6.84. The molecule has 5 heteroatoms. The second kappa shape index (κ2) is 8.43. The average Bonchev–Trinajstić information content (AvgIpc) is 2.45. The first kappa shape index (κ1) is 16.3. The van der Waals surface area contributed by atoms with Crippen LogP contribution in [-0.4, -0.2) is 37.4 Å². The fourth-order valence-electron chi connectivity index (χ4n) is 1.86. The smallest absolute Gasteiger partial charge is 0.251 e. The van der Waals surface area contributed by atoms with Crippen molar-refractivity contribution >= 4 is 5.91 Å². The lowest BCUT2D eigenvalue weighted by atomic mass is 10.1. The molecule has 0 aromatic heterocycles. The predicted octanol–water partition coefficient (Wildman–Crippen LogP) is 1.98. The molecular formula is C15H23NO4. The van der Waals surface area contributed by atoms with E-state index in [-0.39, 0.29) is 18.6 Å². The van der Waals surface area contributed by atoms with Crippen molar-refractivity contribution in [1.82, 2.24) is 5.32 Å². The van der Waals surface area contributed by atoms with E-state index in [0.29, 0.717) is 30.1 Å². The van der Waals surface area contributed by atoms with Crippen molar-refractivity contribution in [2.45, 2.75) is 32.7 Å². The van der Waals surface area contributed by atoms with Crippen LogP contribution >= 0.6 is 0 Å². The Labute approximate surface area is 119 Å². The molecule has 1 aromatic carbocycles. The Morgan fingerprint density at radius 3 is 2.75 bits per heavy atom. The molecule has 0 heterocycles. The van der Waals surface area contributed by atoms with Gasteiger partial charge in [0.05, 0.1) is 13.7 Å². The summed E-state index contributed by atoms with van der Waals surface area (Å²) >= 11 is 0. The Hall–Kier alpha value is -1.75. The summed E-state index contributed by atoms with van der Waals surface area (Å²) in [5.74, 6) is 1.01. The maximum atomic E-state index is 12.1. The standard InChI is InChI=1S/C15H23NO4/c1-4-20-13-8-7-12(10-14(13)19-3)15(18)16-11(2)6-5-9-17/h7-8,10-11,17H,4-6,9H2,1-3H3,(H,16,18). The SMILES string of the molecule is CCOc1ccc(C(=O)NC(C)CCCO)cc1OC. The molecule has 1 rings (SSSR count). The summed E-state index contributed by atoms with van der Waals surface area (Å²) in [5.41, 5.74) is 0.529. The molecule has 0 fully saturated rings. The number of aliphatic hydroxyl groups is 1. The molecule has 2 N–H and O–H groups in total. The van der Waals surface area contributed by atoms with Gasteiger partial charge in [0.15, 0.2) is 11.5 Å². The number of hydrogen-bond donors (Lipinski definition) is 2. The van der Waals surface area contributed by atoms with E-state index in [0.717, 1.165) is 6.42 Å². The summed E-state index contributed by atoms with van der Waals surface area (Å²) < 4.78 is 10.6. The molecule has 0 saturated heterocycles. The lowest BCUT2D eigenvalue weighted by Gasteiger charge is -2.14. The van der Waals surface area contributed by atoms with E-state index < -0.39 is 0 Å². The molecular weight excluding hydrogens is 258 g/mol. The van der Waals surface area contributed by atoms with Crippen LogP contribution < -0.4 is 14.8 Å². The largest absolute Gasteiger partial charge is 0.493 e. The number of benzene rings is 1. The number of methoxy groups -OCH3 is 1. The van der Waals surface area contributed by atoms with E-state index >= 15 is 0 Å². The molecule has 0 aliphatic rings. The molecule has 1 unspecified atom stereocenters. The maximum Gasteiger partial charge on any atom is 0.251 e. The van der Waals surface area contributed by atoms with Gasteiger partial charge in [0.1, 0.15) is 0 Å². The van der Waals surface area contributed by atoms with Gasteiger partial charge in [-0.1, -0.05) is 0 Å². The summed E-state index contributed by atoms with van der Waals surface area (Å²) in [6, 6.07) is 5.13. The fourth-order valence-corrected chi connectivity index (χ4v) is 1.86. The number of ether oxygens (including phenoxy) is 2. The van der Waals surface area contributed by atoms with Crippen LogP contribution in [0.4, 0.5) is 0 Å². The van der Waals surface area contributed by atoms with Gasteiger partial charge in [0.2, 0.25) is 0 Å². The van der Waals surface area contributed by atoms with E-state index in [1.54, 1.807) is 25.3 Å². The third-order valence-corrected chi connectivity index (χ3v) is 2.90. The molecule has 20 heavy (non-hydrogen) atoms. The topological polar surface area (TPSA) is 67.8 Å². The van der Waals surface area contributed by atoms with Crippen molar-refractivity contribution in [1.29, 1.82) is 0 Å². The first-order chi connectivity index (χ1) is 9.62. The molecule has 1 aromatic rings. The quantitative estimate of drug-likeness (QED) is 0.764. The highest BCUT2D eigenvalue weighted by Gasteiger charge is 2.13. The van der Waals surface area contributed by atoms with Gasteiger partial charge in [-0.15, -0.1) is 0 Å². The van der Waals surface area contributed by atoms with E-state index in [2.05, 4.69) is 5.32 Å². The van der Waals surface area contributed by atoms with Crippen molar-refractivity contribution < 1.29 is 19.4 Å². The van der Waals surface area contributed by atoms with Crippen LogP contribution in [0.3, 0.4) is 0 Å². The lowest BCUT2D eigenvalue weighted by molar-refractivity contribution is 0.0936. The molecule has 1 amide bonds. The summed E-state index contributed by atoms with van der Waals surface area (Å²) in [6.45, 7) is 4.49. The van der Waals surface area contributed by atoms with Gasteiger partial charge in [0, 0.05) is 18.2 Å². The minimum Gasteiger partial charge on any atom is -0.493 e.